The summed E-state index contributed by atoms with van der Waals surface area (Å²) >= 11 is 1.21. The van der Waals surface area contributed by atoms with Crippen LogP contribution < -0.4 is 5.32 Å². The zero-order valence-corrected chi connectivity index (χ0v) is 17.0. The minimum absolute atomic E-state index is 0.0302. The van der Waals surface area contributed by atoms with E-state index in [1.54, 1.807) is 0 Å². The first-order chi connectivity index (χ1) is 12.0. The summed E-state index contributed by atoms with van der Waals surface area (Å²) in [6.07, 6.45) is 1.93. The summed E-state index contributed by atoms with van der Waals surface area (Å²) in [5, 5.41) is 2.86. The summed E-state index contributed by atoms with van der Waals surface area (Å²) in [6, 6.07) is 7.51. The van der Waals surface area contributed by atoms with E-state index in [1.807, 2.05) is 58.0 Å². The number of rotatable bonds is 5. The second-order valence-corrected chi connectivity index (χ2v) is 8.51. The lowest BCUT2D eigenvalue weighted by atomic mass is 9.78. The van der Waals surface area contributed by atoms with Gasteiger partial charge in [-0.05, 0) is 44.8 Å². The lowest BCUT2D eigenvalue weighted by molar-refractivity contribution is -0.114. The van der Waals surface area contributed by atoms with Gasteiger partial charge in [-0.2, -0.15) is 0 Å². The Bertz CT molecular complexity index is 714. The Balaban J connectivity index is 2.38. The van der Waals surface area contributed by atoms with E-state index in [0.717, 1.165) is 11.0 Å². The van der Waals surface area contributed by atoms with Gasteiger partial charge in [0, 0.05) is 25.3 Å². The van der Waals surface area contributed by atoms with Crippen LogP contribution in [-0.2, 0) is 18.9 Å². The van der Waals surface area contributed by atoms with Crippen LogP contribution in [0.1, 0.15) is 47.1 Å². The molecule has 0 aliphatic carbocycles. The standard InChI is InChI=1S/C19H26BNO4S/c1-13(22)21-17-10-8-7-9-15(17)11-16(12-26-14(2)23)20-24-18(3,4)19(5,6)25-20/h7-11H,12H2,1-6H3,(H,21,22). The topological polar surface area (TPSA) is 64.6 Å². The van der Waals surface area contributed by atoms with Crippen LogP contribution in [0.15, 0.2) is 29.7 Å². The summed E-state index contributed by atoms with van der Waals surface area (Å²) < 4.78 is 12.3. The summed E-state index contributed by atoms with van der Waals surface area (Å²) in [6.45, 7) is 11.0. The van der Waals surface area contributed by atoms with Crippen molar-refractivity contribution < 1.29 is 18.9 Å². The third-order valence-electron chi connectivity index (χ3n) is 4.61. The van der Waals surface area contributed by atoms with Gasteiger partial charge in [0.05, 0.1) is 11.2 Å². The molecule has 1 amide bonds. The summed E-state index contributed by atoms with van der Waals surface area (Å²) in [7, 11) is -0.544. The van der Waals surface area contributed by atoms with E-state index in [9.17, 15) is 9.59 Å². The van der Waals surface area contributed by atoms with Crippen LogP contribution in [-0.4, -0.2) is 35.1 Å². The van der Waals surface area contributed by atoms with Gasteiger partial charge >= 0.3 is 7.12 Å². The molecule has 7 heteroatoms. The van der Waals surface area contributed by atoms with E-state index in [4.69, 9.17) is 9.31 Å². The summed E-state index contributed by atoms with van der Waals surface area (Å²) in [4.78, 5) is 22.9. The first-order valence-electron chi connectivity index (χ1n) is 8.58. The molecule has 1 aromatic carbocycles. The van der Waals surface area contributed by atoms with Crippen LogP contribution >= 0.6 is 11.8 Å². The number of hydrogen-bond donors (Lipinski definition) is 1. The number of carbonyl (C=O) groups excluding carboxylic acids is 2. The number of anilines is 1. The van der Waals surface area contributed by atoms with Crippen LogP contribution in [0.3, 0.4) is 0 Å². The smallest absolute Gasteiger partial charge is 0.400 e. The van der Waals surface area contributed by atoms with Gasteiger partial charge in [-0.25, -0.2) is 0 Å². The molecule has 5 nitrogen and oxygen atoms in total. The fourth-order valence-corrected chi connectivity index (χ4v) is 3.07. The minimum atomic E-state index is -0.544. The van der Waals surface area contributed by atoms with Crippen LogP contribution in [0.4, 0.5) is 5.69 Å². The first kappa shape index (κ1) is 20.7. The normalized spacial score (nSPS) is 18.7. The SMILES string of the molecule is CC(=O)Nc1ccccc1C=C(CSC(C)=O)B1OC(C)(C)C(C)(C)O1. The predicted molar refractivity (Wildman–Crippen MR) is 108 cm³/mol. The van der Waals surface area contributed by atoms with E-state index >= 15 is 0 Å². The van der Waals surface area contributed by atoms with Crippen molar-refractivity contribution in [1.29, 1.82) is 0 Å². The van der Waals surface area contributed by atoms with Crippen LogP contribution in [0.25, 0.3) is 6.08 Å². The molecule has 0 atom stereocenters. The van der Waals surface area contributed by atoms with Gasteiger partial charge in [-0.3, -0.25) is 9.59 Å². The fourth-order valence-electron chi connectivity index (χ4n) is 2.48. The molecule has 2 rings (SSSR count). The maximum absolute atomic E-state index is 11.5. The quantitative estimate of drug-likeness (QED) is 0.790. The Morgan fingerprint density at radius 1 is 1.12 bits per heavy atom. The highest BCUT2D eigenvalue weighted by molar-refractivity contribution is 8.13. The second-order valence-electron chi connectivity index (χ2n) is 7.36. The molecule has 140 valence electrons. The predicted octanol–water partition coefficient (Wildman–Crippen LogP) is 3.94. The molecule has 1 fully saturated rings. The minimum Gasteiger partial charge on any atom is -0.400 e. The van der Waals surface area contributed by atoms with Gasteiger partial charge in [0.25, 0.3) is 0 Å². The number of nitrogens with one attached hydrogen (secondary N) is 1. The Morgan fingerprint density at radius 3 is 2.23 bits per heavy atom. The van der Waals surface area contributed by atoms with Gasteiger partial charge in [0.15, 0.2) is 5.12 Å². The van der Waals surface area contributed by atoms with Gasteiger partial charge < -0.3 is 14.6 Å². The van der Waals surface area contributed by atoms with Gasteiger partial charge in [0.2, 0.25) is 5.91 Å². The Hall–Kier alpha value is -1.57. The van der Waals surface area contributed by atoms with Crippen molar-refractivity contribution in [1.82, 2.24) is 0 Å². The molecule has 1 aliphatic heterocycles. The molecule has 1 heterocycles. The molecule has 1 N–H and O–H groups in total. The first-order valence-corrected chi connectivity index (χ1v) is 9.56. The molecule has 0 radical (unpaired) electrons. The van der Waals surface area contributed by atoms with E-state index in [2.05, 4.69) is 5.32 Å². The monoisotopic (exact) mass is 375 g/mol. The van der Waals surface area contributed by atoms with Crippen molar-refractivity contribution in [2.24, 2.45) is 0 Å². The number of carbonyl (C=O) groups is 2. The van der Waals surface area contributed by atoms with Crippen molar-refractivity contribution >= 4 is 41.7 Å². The van der Waals surface area contributed by atoms with Gasteiger partial charge in [-0.15, -0.1) is 0 Å². The van der Waals surface area contributed by atoms with E-state index in [0.29, 0.717) is 11.4 Å². The zero-order valence-electron chi connectivity index (χ0n) is 16.2. The van der Waals surface area contributed by atoms with Crippen molar-refractivity contribution in [3.8, 4) is 0 Å². The Kier molecular flexibility index (Phi) is 6.37. The molecular formula is C19H26BNO4S. The molecule has 1 aliphatic rings. The maximum atomic E-state index is 11.5. The third kappa shape index (κ3) is 4.99. The number of benzene rings is 1. The molecule has 1 saturated heterocycles. The molecule has 1 aromatic rings. The number of thioether (sulfide) groups is 1. The van der Waals surface area contributed by atoms with Crippen LogP contribution in [0.2, 0.25) is 0 Å². The van der Waals surface area contributed by atoms with E-state index in [1.165, 1.54) is 25.6 Å². The van der Waals surface area contributed by atoms with E-state index < -0.39 is 18.3 Å². The van der Waals surface area contributed by atoms with E-state index in [-0.39, 0.29) is 11.0 Å². The molecule has 0 bridgehead atoms. The zero-order chi connectivity index (χ0) is 19.5. The maximum Gasteiger partial charge on any atom is 0.491 e. The molecular weight excluding hydrogens is 349 g/mol. The molecule has 0 saturated carbocycles. The van der Waals surface area contributed by atoms with Crippen LogP contribution in [0.5, 0.6) is 0 Å². The average molecular weight is 375 g/mol. The molecule has 0 unspecified atom stereocenters. The molecule has 0 aromatic heterocycles. The fraction of sp³-hybridized carbons (Fsp3) is 0.474. The van der Waals surface area contributed by atoms with Crippen LogP contribution in [0, 0.1) is 0 Å². The Morgan fingerprint density at radius 2 is 1.69 bits per heavy atom. The average Bonchev–Trinajstić information content (AvgIpc) is 2.72. The Labute approximate surface area is 160 Å². The highest BCUT2D eigenvalue weighted by Crippen LogP contribution is 2.39. The second kappa shape index (κ2) is 7.98. The molecule has 0 spiro atoms. The van der Waals surface area contributed by atoms with Gasteiger partial charge in [0.1, 0.15) is 0 Å². The number of hydrogen-bond acceptors (Lipinski definition) is 5. The largest absolute Gasteiger partial charge is 0.491 e. The summed E-state index contributed by atoms with van der Waals surface area (Å²) in [5.74, 6) is 0.321. The van der Waals surface area contributed by atoms with Gasteiger partial charge in [-0.1, -0.05) is 36.0 Å². The van der Waals surface area contributed by atoms with Crippen molar-refractivity contribution in [2.45, 2.75) is 52.7 Å². The number of amides is 1. The van der Waals surface area contributed by atoms with Crippen molar-refractivity contribution in [2.75, 3.05) is 11.1 Å². The lowest BCUT2D eigenvalue weighted by Crippen LogP contribution is -2.41. The van der Waals surface area contributed by atoms with Crippen molar-refractivity contribution in [3.63, 3.8) is 0 Å². The number of para-hydroxylation sites is 1. The highest BCUT2D eigenvalue weighted by atomic mass is 32.2. The summed E-state index contributed by atoms with van der Waals surface area (Å²) in [5.41, 5.74) is 1.48. The highest BCUT2D eigenvalue weighted by Gasteiger charge is 2.52. The third-order valence-corrected chi connectivity index (χ3v) is 5.49. The van der Waals surface area contributed by atoms with Crippen molar-refractivity contribution in [3.05, 3.63) is 35.3 Å². The lowest BCUT2D eigenvalue weighted by Gasteiger charge is -2.32. The molecule has 26 heavy (non-hydrogen) atoms.